The Balaban J connectivity index is 2.14. The topological polar surface area (TPSA) is 64.9 Å². The summed E-state index contributed by atoms with van der Waals surface area (Å²) in [7, 11) is 0. The van der Waals surface area contributed by atoms with Crippen molar-refractivity contribution in [2.24, 2.45) is 0 Å². The van der Waals surface area contributed by atoms with Gasteiger partial charge in [0.25, 0.3) is 0 Å². The SMILES string of the molecule is CC(C)(C)c1ccc(-c2cc(N)cc3nonc23)cc1. The Morgan fingerprint density at radius 2 is 1.70 bits per heavy atom. The number of rotatable bonds is 1. The molecule has 3 rings (SSSR count). The minimum absolute atomic E-state index is 0.138. The van der Waals surface area contributed by atoms with Crippen molar-refractivity contribution in [3.63, 3.8) is 0 Å². The van der Waals surface area contributed by atoms with Crippen molar-refractivity contribution >= 4 is 16.7 Å². The second-order valence-electron chi connectivity index (χ2n) is 6.03. The number of nitrogen functional groups attached to an aromatic ring is 1. The number of anilines is 1. The quantitative estimate of drug-likeness (QED) is 0.682. The monoisotopic (exact) mass is 267 g/mol. The van der Waals surface area contributed by atoms with Crippen LogP contribution in [0.4, 0.5) is 5.69 Å². The van der Waals surface area contributed by atoms with Gasteiger partial charge in [-0.3, -0.25) is 0 Å². The molecule has 1 aromatic heterocycles. The lowest BCUT2D eigenvalue weighted by Crippen LogP contribution is -2.10. The average molecular weight is 267 g/mol. The van der Waals surface area contributed by atoms with Gasteiger partial charge in [0.05, 0.1) is 0 Å². The molecule has 0 bridgehead atoms. The third-order valence-corrected chi connectivity index (χ3v) is 3.45. The fourth-order valence-corrected chi connectivity index (χ4v) is 2.28. The molecule has 0 aliphatic rings. The summed E-state index contributed by atoms with van der Waals surface area (Å²) in [5.41, 5.74) is 11.4. The van der Waals surface area contributed by atoms with Crippen LogP contribution in [0.5, 0.6) is 0 Å². The fraction of sp³-hybridized carbons (Fsp3) is 0.250. The van der Waals surface area contributed by atoms with Gasteiger partial charge in [-0.1, -0.05) is 45.0 Å². The summed E-state index contributed by atoms with van der Waals surface area (Å²) in [6, 6.07) is 12.1. The summed E-state index contributed by atoms with van der Waals surface area (Å²) in [5, 5.41) is 7.82. The van der Waals surface area contributed by atoms with E-state index in [9.17, 15) is 0 Å². The highest BCUT2D eigenvalue weighted by Gasteiger charge is 2.15. The molecule has 0 saturated heterocycles. The number of hydrogen-bond donors (Lipinski definition) is 1. The summed E-state index contributed by atoms with van der Waals surface area (Å²) in [6.07, 6.45) is 0. The van der Waals surface area contributed by atoms with Crippen molar-refractivity contribution in [2.75, 3.05) is 5.73 Å². The van der Waals surface area contributed by atoms with Gasteiger partial charge in [0.15, 0.2) is 0 Å². The van der Waals surface area contributed by atoms with Crippen LogP contribution in [-0.2, 0) is 5.41 Å². The minimum atomic E-state index is 0.138. The molecule has 3 aromatic rings. The van der Waals surface area contributed by atoms with E-state index < -0.39 is 0 Å². The molecule has 1 heterocycles. The lowest BCUT2D eigenvalue weighted by Gasteiger charge is -2.19. The summed E-state index contributed by atoms with van der Waals surface area (Å²) in [4.78, 5) is 0. The normalized spacial score (nSPS) is 11.9. The first kappa shape index (κ1) is 12.7. The van der Waals surface area contributed by atoms with Crippen LogP contribution in [0.1, 0.15) is 26.3 Å². The largest absolute Gasteiger partial charge is 0.399 e. The molecule has 0 amide bonds. The molecule has 0 radical (unpaired) electrons. The summed E-state index contributed by atoms with van der Waals surface area (Å²) in [6.45, 7) is 6.59. The third-order valence-electron chi connectivity index (χ3n) is 3.45. The Kier molecular flexibility index (Phi) is 2.74. The van der Waals surface area contributed by atoms with Gasteiger partial charge in [0.2, 0.25) is 0 Å². The maximum atomic E-state index is 5.91. The standard InChI is InChI=1S/C16H17N3O/c1-16(2,3)11-6-4-10(5-7-11)13-8-12(17)9-14-15(13)19-20-18-14/h4-9H,17H2,1-3H3. The van der Waals surface area contributed by atoms with E-state index in [0.717, 1.165) is 16.6 Å². The molecular weight excluding hydrogens is 250 g/mol. The molecule has 20 heavy (non-hydrogen) atoms. The van der Waals surface area contributed by atoms with Gasteiger partial charge in [0, 0.05) is 11.3 Å². The van der Waals surface area contributed by atoms with Crippen molar-refractivity contribution in [2.45, 2.75) is 26.2 Å². The average Bonchev–Trinajstić information content (AvgIpc) is 2.85. The predicted molar refractivity (Wildman–Crippen MR) is 80.4 cm³/mol. The minimum Gasteiger partial charge on any atom is -0.399 e. The Labute approximate surface area is 117 Å². The molecule has 0 aliphatic carbocycles. The van der Waals surface area contributed by atoms with Crippen molar-refractivity contribution in [1.82, 2.24) is 10.3 Å². The molecule has 0 fully saturated rings. The van der Waals surface area contributed by atoms with Gasteiger partial charge in [-0.25, -0.2) is 4.63 Å². The van der Waals surface area contributed by atoms with E-state index in [1.54, 1.807) is 6.07 Å². The molecule has 0 aliphatic heterocycles. The predicted octanol–water partition coefficient (Wildman–Crippen LogP) is 3.77. The Bertz CT molecular complexity index is 751. The van der Waals surface area contributed by atoms with Crippen molar-refractivity contribution < 1.29 is 4.63 Å². The first-order valence-corrected chi connectivity index (χ1v) is 6.58. The van der Waals surface area contributed by atoms with Gasteiger partial charge < -0.3 is 5.73 Å². The number of fused-ring (bicyclic) bond motifs is 1. The van der Waals surface area contributed by atoms with Gasteiger partial charge >= 0.3 is 0 Å². The molecule has 0 atom stereocenters. The van der Waals surface area contributed by atoms with E-state index in [4.69, 9.17) is 10.4 Å². The maximum Gasteiger partial charge on any atom is 0.143 e. The molecule has 2 aromatic carbocycles. The van der Waals surface area contributed by atoms with Crippen LogP contribution >= 0.6 is 0 Å². The zero-order valence-corrected chi connectivity index (χ0v) is 11.8. The second-order valence-corrected chi connectivity index (χ2v) is 6.03. The molecule has 0 unspecified atom stereocenters. The molecule has 4 heteroatoms. The molecule has 102 valence electrons. The van der Waals surface area contributed by atoms with Crippen LogP contribution < -0.4 is 5.73 Å². The van der Waals surface area contributed by atoms with E-state index in [-0.39, 0.29) is 5.41 Å². The number of hydrogen-bond acceptors (Lipinski definition) is 4. The molecule has 0 spiro atoms. The Morgan fingerprint density at radius 3 is 2.35 bits per heavy atom. The first-order chi connectivity index (χ1) is 9.45. The van der Waals surface area contributed by atoms with Crippen molar-refractivity contribution in [1.29, 1.82) is 0 Å². The molecule has 2 N–H and O–H groups in total. The van der Waals surface area contributed by atoms with Crippen LogP contribution in [0.2, 0.25) is 0 Å². The van der Waals surface area contributed by atoms with Crippen LogP contribution in [-0.4, -0.2) is 10.3 Å². The fourth-order valence-electron chi connectivity index (χ4n) is 2.28. The molecule has 4 nitrogen and oxygen atoms in total. The van der Waals surface area contributed by atoms with Crippen LogP contribution in [0.15, 0.2) is 41.0 Å². The maximum absolute atomic E-state index is 5.91. The Hall–Kier alpha value is -2.36. The van der Waals surface area contributed by atoms with Crippen LogP contribution in [0.3, 0.4) is 0 Å². The van der Waals surface area contributed by atoms with E-state index in [0.29, 0.717) is 11.2 Å². The highest BCUT2D eigenvalue weighted by molar-refractivity contribution is 5.93. The third kappa shape index (κ3) is 2.13. The highest BCUT2D eigenvalue weighted by atomic mass is 16.6. The summed E-state index contributed by atoms with van der Waals surface area (Å²) < 4.78 is 4.80. The number of nitrogens with two attached hydrogens (primary N) is 1. The van der Waals surface area contributed by atoms with Gasteiger partial charge in [-0.2, -0.15) is 0 Å². The van der Waals surface area contributed by atoms with Gasteiger partial charge in [0.1, 0.15) is 11.0 Å². The summed E-state index contributed by atoms with van der Waals surface area (Å²) >= 11 is 0. The van der Waals surface area contributed by atoms with Gasteiger partial charge in [-0.15, -0.1) is 0 Å². The smallest absolute Gasteiger partial charge is 0.143 e. The van der Waals surface area contributed by atoms with Gasteiger partial charge in [-0.05, 0) is 39.0 Å². The number of nitrogens with zero attached hydrogens (tertiary/aromatic N) is 2. The first-order valence-electron chi connectivity index (χ1n) is 6.58. The zero-order chi connectivity index (χ0) is 14.3. The summed E-state index contributed by atoms with van der Waals surface area (Å²) in [5.74, 6) is 0. The van der Waals surface area contributed by atoms with E-state index in [1.165, 1.54) is 5.56 Å². The number of aromatic nitrogens is 2. The zero-order valence-electron chi connectivity index (χ0n) is 11.8. The Morgan fingerprint density at radius 1 is 1.00 bits per heavy atom. The highest BCUT2D eigenvalue weighted by Crippen LogP contribution is 2.31. The molecule has 0 saturated carbocycles. The van der Waals surface area contributed by atoms with Crippen LogP contribution in [0.25, 0.3) is 22.2 Å². The van der Waals surface area contributed by atoms with E-state index in [2.05, 4.69) is 55.4 Å². The molecular formula is C16H17N3O. The van der Waals surface area contributed by atoms with Crippen molar-refractivity contribution in [3.05, 3.63) is 42.0 Å². The van der Waals surface area contributed by atoms with Crippen LogP contribution in [0, 0.1) is 0 Å². The van der Waals surface area contributed by atoms with E-state index in [1.807, 2.05) is 6.07 Å². The van der Waals surface area contributed by atoms with Crippen molar-refractivity contribution in [3.8, 4) is 11.1 Å². The number of benzene rings is 2. The lowest BCUT2D eigenvalue weighted by molar-refractivity contribution is 0.315. The second kappa shape index (κ2) is 4.34. The lowest BCUT2D eigenvalue weighted by atomic mass is 9.86. The van der Waals surface area contributed by atoms with E-state index >= 15 is 0 Å².